The first kappa shape index (κ1) is 33.4. The van der Waals surface area contributed by atoms with Crippen LogP contribution in [0.3, 0.4) is 0 Å². The van der Waals surface area contributed by atoms with Crippen molar-refractivity contribution in [3.63, 3.8) is 0 Å². The van der Waals surface area contributed by atoms with E-state index < -0.39 is 59.9 Å². The fourth-order valence-electron chi connectivity index (χ4n) is 6.35. The molecule has 1 saturated heterocycles. The van der Waals surface area contributed by atoms with Gasteiger partial charge in [0.2, 0.25) is 23.6 Å². The van der Waals surface area contributed by atoms with Crippen molar-refractivity contribution in [1.82, 2.24) is 45.7 Å². The van der Waals surface area contributed by atoms with E-state index in [0.29, 0.717) is 11.3 Å². The number of rotatable bonds is 10. The second kappa shape index (κ2) is 12.5. The highest BCUT2D eigenvalue weighted by Crippen LogP contribution is 2.43. The average molecular weight is 682 g/mol. The van der Waals surface area contributed by atoms with Gasteiger partial charge in [-0.3, -0.25) is 9.59 Å². The zero-order valence-electron chi connectivity index (χ0n) is 26.1. The minimum atomic E-state index is -4.69. The summed E-state index contributed by atoms with van der Waals surface area (Å²) < 4.78 is 86.3. The zero-order chi connectivity index (χ0) is 34.4. The fraction of sp³-hybridized carbons (Fsp3) is 0.586. The largest absolute Gasteiger partial charge is 0.422 e. The summed E-state index contributed by atoms with van der Waals surface area (Å²) in [5.74, 6) is -4.59. The fourth-order valence-corrected chi connectivity index (χ4v) is 6.35. The first-order valence-electron chi connectivity index (χ1n) is 15.2. The zero-order valence-corrected chi connectivity index (χ0v) is 26.1. The number of aryl methyl sites for hydroxylation is 1. The molecule has 0 spiro atoms. The Morgan fingerprint density at radius 2 is 1.96 bits per heavy atom. The molecule has 0 aromatic carbocycles. The van der Waals surface area contributed by atoms with Crippen molar-refractivity contribution in [3.05, 3.63) is 52.9 Å². The van der Waals surface area contributed by atoms with Gasteiger partial charge in [-0.2, -0.15) is 18.3 Å². The highest BCUT2D eigenvalue weighted by atomic mass is 19.4. The minimum absolute atomic E-state index is 0.0294. The van der Waals surface area contributed by atoms with E-state index in [4.69, 9.17) is 9.15 Å². The second-order valence-electron chi connectivity index (χ2n) is 12.5. The van der Waals surface area contributed by atoms with Crippen LogP contribution in [0.4, 0.5) is 22.0 Å². The summed E-state index contributed by atoms with van der Waals surface area (Å²) in [5.41, 5.74) is -0.461. The molecule has 6 rings (SSSR count). The molecule has 2 N–H and O–H groups in total. The Kier molecular flexibility index (Phi) is 8.67. The standard InChI is InChI=1S/C29H32F5N9O5/c1-14-22(42-48-41-14)24(44)38-23(17-4-6-28(30,31)7-5-17)18-13-43-20(36-18)8-16(12-35-43)9-27(10-19(29(32,33)34)37-26(27)45)11-21-39-40-25(47-21)15(2)46-3/h8,12-13,15,17,19,23H,4-7,9-11H2,1-3H3,(H,37,45)(H,38,44)/t15-,19-,23-,27-/m0/s1. The number of nitrogens with zero attached hydrogens (tertiary/aromatic N) is 7. The summed E-state index contributed by atoms with van der Waals surface area (Å²) in [7, 11) is 1.43. The summed E-state index contributed by atoms with van der Waals surface area (Å²) >= 11 is 0. The van der Waals surface area contributed by atoms with Gasteiger partial charge in [0.1, 0.15) is 17.8 Å². The van der Waals surface area contributed by atoms with Crippen LogP contribution >= 0.6 is 0 Å². The number of imidazole rings is 1. The Bertz CT molecular complexity index is 1800. The van der Waals surface area contributed by atoms with Gasteiger partial charge in [0, 0.05) is 26.4 Å². The topological polar surface area (TPSA) is 175 Å². The van der Waals surface area contributed by atoms with Crippen molar-refractivity contribution in [2.24, 2.45) is 11.3 Å². The second-order valence-corrected chi connectivity index (χ2v) is 12.5. The maximum Gasteiger partial charge on any atom is 0.408 e. The third-order valence-electron chi connectivity index (χ3n) is 9.09. The number of aromatic nitrogens is 7. The normalized spacial score (nSPS) is 22.9. The van der Waals surface area contributed by atoms with E-state index in [-0.39, 0.29) is 67.3 Å². The number of carbonyl (C=O) groups excluding carboxylic acids is 2. The maximum absolute atomic E-state index is 14.0. The summed E-state index contributed by atoms with van der Waals surface area (Å²) in [6, 6.07) is -1.33. The van der Waals surface area contributed by atoms with Crippen LogP contribution in [0.15, 0.2) is 27.5 Å². The van der Waals surface area contributed by atoms with Crippen molar-refractivity contribution in [3.8, 4) is 0 Å². The number of fused-ring (bicyclic) bond motifs is 1. The van der Waals surface area contributed by atoms with Gasteiger partial charge in [-0.05, 0) is 62.2 Å². The molecule has 4 atom stereocenters. The molecule has 19 heteroatoms. The summed E-state index contributed by atoms with van der Waals surface area (Å²) in [4.78, 5) is 31.0. The lowest BCUT2D eigenvalue weighted by Crippen LogP contribution is -2.39. The predicted molar refractivity (Wildman–Crippen MR) is 151 cm³/mol. The number of nitrogens with one attached hydrogen (secondary N) is 2. The monoisotopic (exact) mass is 681 g/mol. The predicted octanol–water partition coefficient (Wildman–Crippen LogP) is 4.03. The van der Waals surface area contributed by atoms with Crippen LogP contribution in [-0.2, 0) is 22.4 Å². The number of carbonyl (C=O) groups is 2. The molecule has 4 aromatic heterocycles. The van der Waals surface area contributed by atoms with E-state index in [9.17, 15) is 31.5 Å². The third-order valence-corrected chi connectivity index (χ3v) is 9.09. The van der Waals surface area contributed by atoms with Crippen LogP contribution in [0.25, 0.3) is 5.65 Å². The smallest absolute Gasteiger partial charge is 0.408 e. The lowest BCUT2D eigenvalue weighted by Gasteiger charge is -2.33. The highest BCUT2D eigenvalue weighted by molar-refractivity contribution is 5.93. The summed E-state index contributed by atoms with van der Waals surface area (Å²) in [6.07, 6.45) is -3.86. The quantitative estimate of drug-likeness (QED) is 0.231. The molecule has 5 heterocycles. The molecular weight excluding hydrogens is 649 g/mol. The molecule has 14 nitrogen and oxygen atoms in total. The number of amides is 2. The maximum atomic E-state index is 14.0. The highest BCUT2D eigenvalue weighted by Gasteiger charge is 2.56. The Hall–Kier alpha value is -4.55. The molecule has 1 saturated carbocycles. The van der Waals surface area contributed by atoms with Gasteiger partial charge >= 0.3 is 6.18 Å². The van der Waals surface area contributed by atoms with Gasteiger partial charge in [-0.15, -0.1) is 10.2 Å². The molecule has 2 fully saturated rings. The van der Waals surface area contributed by atoms with Crippen LogP contribution in [-0.4, -0.2) is 72.2 Å². The SMILES string of the molecule is CO[C@@H](C)c1nnc(C[C@]2(Cc3cnn4cc([C@@H](NC(=O)c5nonc5C)C5CCC(F)(F)CC5)nc4c3)C[C@@H](C(F)(F)F)NC2=O)o1. The Labute approximate surface area is 269 Å². The van der Waals surface area contributed by atoms with Crippen LogP contribution in [0.2, 0.25) is 0 Å². The van der Waals surface area contributed by atoms with Gasteiger partial charge in [0.15, 0.2) is 11.3 Å². The van der Waals surface area contributed by atoms with Crippen molar-refractivity contribution < 1.29 is 45.3 Å². The first-order valence-corrected chi connectivity index (χ1v) is 15.2. The molecular formula is C29H32F5N9O5. The number of methoxy groups -OCH3 is 1. The van der Waals surface area contributed by atoms with Crippen molar-refractivity contribution >= 4 is 17.5 Å². The van der Waals surface area contributed by atoms with E-state index >= 15 is 0 Å². The number of alkyl halides is 5. The number of hydrogen-bond acceptors (Lipinski definition) is 11. The molecule has 2 amide bonds. The molecule has 0 bridgehead atoms. The molecule has 48 heavy (non-hydrogen) atoms. The summed E-state index contributed by atoms with van der Waals surface area (Å²) in [5, 5.41) is 24.4. The minimum Gasteiger partial charge on any atom is -0.422 e. The number of halogens is 5. The van der Waals surface area contributed by atoms with Gasteiger partial charge < -0.3 is 19.8 Å². The Morgan fingerprint density at radius 1 is 1.21 bits per heavy atom. The van der Waals surface area contributed by atoms with Gasteiger partial charge in [0.05, 0.1) is 29.5 Å². The molecule has 1 aliphatic carbocycles. The average Bonchev–Trinajstić information content (AvgIpc) is 3.82. The lowest BCUT2D eigenvalue weighted by molar-refractivity contribution is -0.155. The molecule has 0 radical (unpaired) electrons. The molecule has 2 aliphatic rings. The van der Waals surface area contributed by atoms with E-state index in [0.717, 1.165) is 0 Å². The Balaban J connectivity index is 1.30. The Morgan fingerprint density at radius 3 is 2.60 bits per heavy atom. The van der Waals surface area contributed by atoms with Crippen molar-refractivity contribution in [2.45, 2.75) is 89.1 Å². The van der Waals surface area contributed by atoms with E-state index in [1.165, 1.54) is 24.7 Å². The van der Waals surface area contributed by atoms with Crippen molar-refractivity contribution in [2.75, 3.05) is 7.11 Å². The van der Waals surface area contributed by atoms with Gasteiger partial charge in [-0.1, -0.05) is 5.16 Å². The van der Waals surface area contributed by atoms with E-state index in [1.807, 2.05) is 0 Å². The van der Waals surface area contributed by atoms with Gasteiger partial charge in [-0.25, -0.2) is 22.9 Å². The first-order chi connectivity index (χ1) is 22.7. The van der Waals surface area contributed by atoms with E-state index in [2.05, 4.69) is 45.9 Å². The molecule has 0 unspecified atom stereocenters. The molecule has 4 aromatic rings. The molecule has 258 valence electrons. The van der Waals surface area contributed by atoms with Crippen LogP contribution in [0.1, 0.15) is 90.4 Å². The number of hydrogen-bond donors (Lipinski definition) is 2. The summed E-state index contributed by atoms with van der Waals surface area (Å²) in [6.45, 7) is 3.19. The van der Waals surface area contributed by atoms with Crippen LogP contribution < -0.4 is 10.6 Å². The van der Waals surface area contributed by atoms with Crippen molar-refractivity contribution in [1.29, 1.82) is 0 Å². The van der Waals surface area contributed by atoms with Gasteiger partial charge in [0.25, 0.3) is 5.91 Å². The van der Waals surface area contributed by atoms with Crippen LogP contribution in [0.5, 0.6) is 0 Å². The third kappa shape index (κ3) is 6.72. The van der Waals surface area contributed by atoms with E-state index in [1.54, 1.807) is 19.2 Å². The lowest BCUT2D eigenvalue weighted by atomic mass is 9.76. The molecule has 1 aliphatic heterocycles. The van der Waals surface area contributed by atoms with Crippen LogP contribution in [0, 0.1) is 18.3 Å². The number of ether oxygens (including phenoxy) is 1.